The predicted molar refractivity (Wildman–Crippen MR) is 91.8 cm³/mol. The SMILES string of the molecule is CN(c1cnccn1)[C@@H]1CC[C@@H]2CN(C(=O)c3cccn3C)C[C@@H]21. The fourth-order valence-electron chi connectivity index (χ4n) is 4.37. The molecule has 1 saturated heterocycles. The van der Waals surface area contributed by atoms with E-state index in [0.29, 0.717) is 17.9 Å². The predicted octanol–water partition coefficient (Wildman–Crippen LogP) is 1.80. The largest absolute Gasteiger partial charge is 0.355 e. The lowest BCUT2D eigenvalue weighted by Crippen LogP contribution is -2.39. The molecule has 1 saturated carbocycles. The Labute approximate surface area is 142 Å². The molecule has 1 amide bonds. The van der Waals surface area contributed by atoms with Gasteiger partial charge in [-0.15, -0.1) is 0 Å². The van der Waals surface area contributed by atoms with Gasteiger partial charge in [-0.1, -0.05) is 0 Å². The zero-order valence-electron chi connectivity index (χ0n) is 14.2. The maximum atomic E-state index is 12.8. The maximum absolute atomic E-state index is 12.8. The summed E-state index contributed by atoms with van der Waals surface area (Å²) in [5.74, 6) is 2.17. The van der Waals surface area contributed by atoms with Crippen LogP contribution in [0.15, 0.2) is 36.9 Å². The van der Waals surface area contributed by atoms with E-state index >= 15 is 0 Å². The summed E-state index contributed by atoms with van der Waals surface area (Å²) in [5, 5.41) is 0. The van der Waals surface area contributed by atoms with Crippen LogP contribution in [0.5, 0.6) is 0 Å². The molecule has 1 aliphatic carbocycles. The third-order valence-corrected chi connectivity index (χ3v) is 5.68. The van der Waals surface area contributed by atoms with Crippen LogP contribution < -0.4 is 4.90 Å². The van der Waals surface area contributed by atoms with E-state index in [1.807, 2.05) is 41.0 Å². The maximum Gasteiger partial charge on any atom is 0.270 e. The number of aryl methyl sites for hydroxylation is 1. The molecule has 4 rings (SSSR count). The second-order valence-corrected chi connectivity index (χ2v) is 6.96. The molecule has 2 fully saturated rings. The standard InChI is InChI=1S/C18H23N5O/c1-21-9-3-4-16(21)18(24)23-11-13-5-6-15(14(13)12-23)22(2)17-10-19-7-8-20-17/h3-4,7-10,13-15H,5-6,11-12H2,1-2H3/t13-,14+,15-/m1/s1. The van der Waals surface area contributed by atoms with E-state index in [9.17, 15) is 4.79 Å². The van der Waals surface area contributed by atoms with Crippen LogP contribution in [-0.2, 0) is 7.05 Å². The van der Waals surface area contributed by atoms with Crippen LogP contribution in [0.2, 0.25) is 0 Å². The Hall–Kier alpha value is -2.37. The lowest BCUT2D eigenvalue weighted by Gasteiger charge is -2.30. The first-order valence-electron chi connectivity index (χ1n) is 8.54. The summed E-state index contributed by atoms with van der Waals surface area (Å²) in [4.78, 5) is 25.7. The number of fused-ring (bicyclic) bond motifs is 1. The molecule has 0 bridgehead atoms. The van der Waals surface area contributed by atoms with Crippen LogP contribution in [0, 0.1) is 11.8 Å². The summed E-state index contributed by atoms with van der Waals surface area (Å²) in [5.41, 5.74) is 0.772. The van der Waals surface area contributed by atoms with Gasteiger partial charge in [-0.05, 0) is 30.9 Å². The molecule has 0 radical (unpaired) electrons. The van der Waals surface area contributed by atoms with Crippen LogP contribution in [0.4, 0.5) is 5.82 Å². The molecule has 2 aromatic rings. The number of anilines is 1. The quantitative estimate of drug-likeness (QED) is 0.863. The van der Waals surface area contributed by atoms with Gasteiger partial charge in [0, 0.05) is 57.7 Å². The number of nitrogens with zero attached hydrogens (tertiary/aromatic N) is 5. The van der Waals surface area contributed by atoms with Crippen LogP contribution >= 0.6 is 0 Å². The van der Waals surface area contributed by atoms with Gasteiger partial charge in [-0.2, -0.15) is 0 Å². The third-order valence-electron chi connectivity index (χ3n) is 5.68. The minimum atomic E-state index is 0.151. The molecule has 6 heteroatoms. The van der Waals surface area contributed by atoms with Crippen molar-refractivity contribution in [2.75, 3.05) is 25.0 Å². The zero-order valence-corrected chi connectivity index (χ0v) is 14.2. The van der Waals surface area contributed by atoms with Crippen LogP contribution in [0.3, 0.4) is 0 Å². The van der Waals surface area contributed by atoms with Gasteiger partial charge in [-0.3, -0.25) is 9.78 Å². The molecule has 6 nitrogen and oxygen atoms in total. The van der Waals surface area contributed by atoms with E-state index in [4.69, 9.17) is 0 Å². The van der Waals surface area contributed by atoms with Crippen LogP contribution in [0.25, 0.3) is 0 Å². The summed E-state index contributed by atoms with van der Waals surface area (Å²) in [6, 6.07) is 4.26. The highest BCUT2D eigenvalue weighted by Crippen LogP contribution is 2.41. The first kappa shape index (κ1) is 15.2. The van der Waals surface area contributed by atoms with Crippen molar-refractivity contribution >= 4 is 11.7 Å². The Bertz CT molecular complexity index is 728. The second-order valence-electron chi connectivity index (χ2n) is 6.96. The van der Waals surface area contributed by atoms with Gasteiger partial charge in [0.15, 0.2) is 0 Å². The first-order valence-corrected chi connectivity index (χ1v) is 8.54. The lowest BCUT2D eigenvalue weighted by atomic mass is 9.97. The minimum absolute atomic E-state index is 0.151. The summed E-state index contributed by atoms with van der Waals surface area (Å²) in [6.07, 6.45) is 9.51. The molecule has 2 aromatic heterocycles. The molecule has 1 aliphatic heterocycles. The van der Waals surface area contributed by atoms with Crippen molar-refractivity contribution in [1.29, 1.82) is 0 Å². The average Bonchev–Trinajstić information content (AvgIpc) is 3.29. The van der Waals surface area contributed by atoms with Crippen molar-refractivity contribution in [1.82, 2.24) is 19.4 Å². The normalized spacial score (nSPS) is 25.8. The van der Waals surface area contributed by atoms with Gasteiger partial charge in [0.25, 0.3) is 5.91 Å². The van der Waals surface area contributed by atoms with Gasteiger partial charge in [0.2, 0.25) is 0 Å². The number of likely N-dealkylation sites (tertiary alicyclic amines) is 1. The fraction of sp³-hybridized carbons (Fsp3) is 0.500. The van der Waals surface area contributed by atoms with Crippen molar-refractivity contribution in [2.45, 2.75) is 18.9 Å². The van der Waals surface area contributed by atoms with Crippen molar-refractivity contribution in [3.8, 4) is 0 Å². The number of amides is 1. The van der Waals surface area contributed by atoms with Crippen LogP contribution in [-0.4, -0.2) is 51.5 Å². The number of carbonyl (C=O) groups excluding carboxylic acids is 1. The van der Waals surface area contributed by atoms with Crippen molar-refractivity contribution in [3.63, 3.8) is 0 Å². The molecular formula is C18H23N5O. The number of hydrogen-bond donors (Lipinski definition) is 0. The second kappa shape index (κ2) is 5.92. The van der Waals surface area contributed by atoms with Gasteiger partial charge in [-0.25, -0.2) is 4.98 Å². The summed E-state index contributed by atoms with van der Waals surface area (Å²) >= 11 is 0. The number of carbonyl (C=O) groups is 1. The van der Waals surface area contributed by atoms with Crippen LogP contribution in [0.1, 0.15) is 23.3 Å². The van der Waals surface area contributed by atoms with E-state index < -0.39 is 0 Å². The zero-order chi connectivity index (χ0) is 16.7. The van der Waals surface area contributed by atoms with E-state index in [-0.39, 0.29) is 5.91 Å². The lowest BCUT2D eigenvalue weighted by molar-refractivity contribution is 0.0770. The molecule has 0 spiro atoms. The molecular weight excluding hydrogens is 302 g/mol. The highest BCUT2D eigenvalue weighted by Gasteiger charge is 2.46. The summed E-state index contributed by atoms with van der Waals surface area (Å²) in [6.45, 7) is 1.71. The van der Waals surface area contributed by atoms with E-state index in [1.165, 1.54) is 6.42 Å². The molecule has 3 atom stereocenters. The Morgan fingerprint density at radius 1 is 1.29 bits per heavy atom. The molecule has 126 valence electrons. The van der Waals surface area contributed by atoms with Gasteiger partial charge in [0.05, 0.1) is 6.20 Å². The minimum Gasteiger partial charge on any atom is -0.355 e. The topological polar surface area (TPSA) is 54.3 Å². The van der Waals surface area contributed by atoms with E-state index in [0.717, 1.165) is 31.0 Å². The summed E-state index contributed by atoms with van der Waals surface area (Å²) < 4.78 is 1.90. The molecule has 2 aliphatic rings. The number of rotatable bonds is 3. The highest BCUT2D eigenvalue weighted by molar-refractivity contribution is 5.93. The Morgan fingerprint density at radius 2 is 2.17 bits per heavy atom. The smallest absolute Gasteiger partial charge is 0.270 e. The van der Waals surface area contributed by atoms with Crippen molar-refractivity contribution in [2.24, 2.45) is 18.9 Å². The average molecular weight is 325 g/mol. The summed E-state index contributed by atoms with van der Waals surface area (Å²) in [7, 11) is 4.02. The Balaban J connectivity index is 1.49. The Morgan fingerprint density at radius 3 is 2.88 bits per heavy atom. The van der Waals surface area contributed by atoms with E-state index in [1.54, 1.807) is 12.4 Å². The monoisotopic (exact) mass is 325 g/mol. The molecule has 24 heavy (non-hydrogen) atoms. The molecule has 0 N–H and O–H groups in total. The van der Waals surface area contributed by atoms with Gasteiger partial charge < -0.3 is 14.4 Å². The Kier molecular flexibility index (Phi) is 3.75. The number of hydrogen-bond acceptors (Lipinski definition) is 4. The fourth-order valence-corrected chi connectivity index (χ4v) is 4.37. The van der Waals surface area contributed by atoms with E-state index in [2.05, 4.69) is 21.9 Å². The molecule has 0 aromatic carbocycles. The first-order chi connectivity index (χ1) is 11.6. The highest BCUT2D eigenvalue weighted by atomic mass is 16.2. The molecule has 0 unspecified atom stereocenters. The van der Waals surface area contributed by atoms with Crippen molar-refractivity contribution < 1.29 is 4.79 Å². The molecule has 3 heterocycles. The van der Waals surface area contributed by atoms with Gasteiger partial charge in [0.1, 0.15) is 11.5 Å². The van der Waals surface area contributed by atoms with Crippen molar-refractivity contribution in [3.05, 3.63) is 42.6 Å². The third kappa shape index (κ3) is 2.46. The number of aromatic nitrogens is 3. The van der Waals surface area contributed by atoms with Gasteiger partial charge >= 0.3 is 0 Å².